The van der Waals surface area contributed by atoms with E-state index in [1.807, 2.05) is 39.8 Å². The molecule has 1 nitrogen and oxygen atoms in total. The summed E-state index contributed by atoms with van der Waals surface area (Å²) in [5.74, 6) is 0.0303. The highest BCUT2D eigenvalue weighted by molar-refractivity contribution is 9.12. The van der Waals surface area contributed by atoms with Crippen molar-refractivity contribution in [1.82, 2.24) is 0 Å². The molecule has 0 rings (SSSR count). The van der Waals surface area contributed by atoms with Crippen LogP contribution in [0.2, 0.25) is 0 Å². The van der Waals surface area contributed by atoms with Gasteiger partial charge in [0.2, 0.25) is 0 Å². The van der Waals surface area contributed by atoms with Crippen LogP contribution in [0.3, 0.4) is 0 Å². The Balaban J connectivity index is 5.23. The van der Waals surface area contributed by atoms with Crippen LogP contribution in [0.5, 0.6) is 0 Å². The molecule has 0 unspecified atom stereocenters. The second-order valence-electron chi connectivity index (χ2n) is 4.23. The van der Waals surface area contributed by atoms with Gasteiger partial charge in [0.15, 0.2) is 5.78 Å². The quantitative estimate of drug-likeness (QED) is 0.461. The Hall–Kier alpha value is -0.700. The van der Waals surface area contributed by atoms with Gasteiger partial charge in [-0.1, -0.05) is 34.5 Å². The smallest absolute Gasteiger partial charge is 0.162 e. The molecule has 0 N–H and O–H groups in total. The Morgan fingerprint density at radius 2 is 1.94 bits per heavy atom. The largest absolute Gasteiger partial charge is 0.294 e. The molecule has 0 radical (unpaired) electrons. The van der Waals surface area contributed by atoms with Gasteiger partial charge in [-0.2, -0.15) is 0 Å². The summed E-state index contributed by atoms with van der Waals surface area (Å²) in [6.45, 7) is 7.42. The van der Waals surface area contributed by atoms with Gasteiger partial charge < -0.3 is 0 Å². The van der Waals surface area contributed by atoms with Crippen LogP contribution >= 0.6 is 15.9 Å². The zero-order valence-corrected chi connectivity index (χ0v) is 13.2. The number of hydrogen-bond acceptors (Lipinski definition) is 1. The van der Waals surface area contributed by atoms with Crippen molar-refractivity contribution < 1.29 is 9.18 Å². The SMILES string of the molecule is C\C=C(Br)/C(C)=C\C(C(=O)CCCF)=C(/C)CC. The summed E-state index contributed by atoms with van der Waals surface area (Å²) in [5.41, 5.74) is 2.78. The summed E-state index contributed by atoms with van der Waals surface area (Å²) in [5, 5.41) is 0. The van der Waals surface area contributed by atoms with Crippen LogP contribution in [-0.4, -0.2) is 12.5 Å². The molecule has 3 heteroatoms. The lowest BCUT2D eigenvalue weighted by Gasteiger charge is -2.08. The first-order valence-corrected chi connectivity index (χ1v) is 7.06. The van der Waals surface area contributed by atoms with Crippen LogP contribution in [0.25, 0.3) is 0 Å². The number of halogens is 2. The molecule has 0 aromatic carbocycles. The van der Waals surface area contributed by atoms with Crippen molar-refractivity contribution >= 4 is 21.7 Å². The highest BCUT2D eigenvalue weighted by Crippen LogP contribution is 2.21. The number of hydrogen-bond donors (Lipinski definition) is 0. The van der Waals surface area contributed by atoms with E-state index < -0.39 is 6.67 Å². The fraction of sp³-hybridized carbons (Fsp3) is 0.533. The molecular weight excluding hydrogens is 295 g/mol. The zero-order chi connectivity index (χ0) is 14.1. The normalized spacial score (nSPS) is 14.6. The van der Waals surface area contributed by atoms with E-state index >= 15 is 0 Å². The zero-order valence-electron chi connectivity index (χ0n) is 11.6. The van der Waals surface area contributed by atoms with Gasteiger partial charge in [-0.3, -0.25) is 9.18 Å². The van der Waals surface area contributed by atoms with E-state index in [9.17, 15) is 9.18 Å². The molecule has 0 atom stereocenters. The Morgan fingerprint density at radius 1 is 1.33 bits per heavy atom. The predicted octanol–water partition coefficient (Wildman–Crippen LogP) is 5.28. The van der Waals surface area contributed by atoms with Crippen molar-refractivity contribution in [2.45, 2.75) is 47.0 Å². The van der Waals surface area contributed by atoms with E-state index in [0.717, 1.165) is 27.6 Å². The molecular formula is C15H22BrFO. The molecule has 0 aliphatic carbocycles. The van der Waals surface area contributed by atoms with E-state index in [2.05, 4.69) is 15.9 Å². The molecule has 0 aromatic rings. The fourth-order valence-corrected chi connectivity index (χ4v) is 1.62. The lowest BCUT2D eigenvalue weighted by Crippen LogP contribution is -2.04. The average Bonchev–Trinajstić information content (AvgIpc) is 2.39. The topological polar surface area (TPSA) is 17.1 Å². The van der Waals surface area contributed by atoms with Crippen molar-refractivity contribution in [3.8, 4) is 0 Å². The standard InChI is InChI=1S/C15H22BrFO/c1-5-11(3)13(15(18)8-7-9-17)10-12(4)14(16)6-2/h6,10H,5,7-9H2,1-4H3/b12-10-,13-11-,14-6+. The second-order valence-corrected chi connectivity index (χ2v) is 5.08. The van der Waals surface area contributed by atoms with Gasteiger partial charge in [0.25, 0.3) is 0 Å². The summed E-state index contributed by atoms with van der Waals surface area (Å²) in [6, 6.07) is 0. The lowest BCUT2D eigenvalue weighted by atomic mass is 9.98. The molecule has 0 spiro atoms. The van der Waals surface area contributed by atoms with Crippen LogP contribution in [0.15, 0.2) is 33.4 Å². The number of carbonyl (C=O) groups is 1. The van der Waals surface area contributed by atoms with Crippen molar-refractivity contribution in [3.05, 3.63) is 33.4 Å². The summed E-state index contributed by atoms with van der Waals surface area (Å²) in [4.78, 5) is 12.0. The van der Waals surface area contributed by atoms with Crippen molar-refractivity contribution in [1.29, 1.82) is 0 Å². The molecule has 0 aliphatic heterocycles. The maximum atomic E-state index is 12.1. The van der Waals surface area contributed by atoms with Crippen LogP contribution < -0.4 is 0 Å². The minimum atomic E-state index is -0.439. The molecule has 0 saturated carbocycles. The van der Waals surface area contributed by atoms with Gasteiger partial charge >= 0.3 is 0 Å². The Labute approximate surface area is 118 Å². The van der Waals surface area contributed by atoms with Crippen LogP contribution in [0.4, 0.5) is 4.39 Å². The van der Waals surface area contributed by atoms with Gasteiger partial charge in [-0.15, -0.1) is 0 Å². The highest BCUT2D eigenvalue weighted by Gasteiger charge is 2.10. The van der Waals surface area contributed by atoms with E-state index in [0.29, 0.717) is 6.42 Å². The lowest BCUT2D eigenvalue weighted by molar-refractivity contribution is -0.115. The third-order valence-corrected chi connectivity index (χ3v) is 3.90. The van der Waals surface area contributed by atoms with E-state index in [-0.39, 0.29) is 12.2 Å². The number of ketones is 1. The molecule has 0 saturated heterocycles. The third-order valence-electron chi connectivity index (χ3n) is 2.82. The molecule has 0 bridgehead atoms. The number of rotatable bonds is 7. The molecule has 0 heterocycles. The minimum Gasteiger partial charge on any atom is -0.294 e. The Morgan fingerprint density at radius 3 is 2.39 bits per heavy atom. The first-order chi connectivity index (χ1) is 8.47. The van der Waals surface area contributed by atoms with Gasteiger partial charge in [0, 0.05) is 16.5 Å². The molecule has 0 fully saturated rings. The maximum Gasteiger partial charge on any atom is 0.162 e. The van der Waals surface area contributed by atoms with Crippen molar-refractivity contribution in [3.63, 3.8) is 0 Å². The molecule has 102 valence electrons. The maximum absolute atomic E-state index is 12.1. The third kappa shape index (κ3) is 5.76. The molecule has 0 amide bonds. The molecule has 0 aliphatic rings. The van der Waals surface area contributed by atoms with Crippen LogP contribution in [0.1, 0.15) is 47.0 Å². The summed E-state index contributed by atoms with van der Waals surface area (Å²) >= 11 is 3.44. The van der Waals surface area contributed by atoms with E-state index in [1.54, 1.807) is 0 Å². The number of alkyl halides is 1. The summed E-state index contributed by atoms with van der Waals surface area (Å²) < 4.78 is 13.1. The number of carbonyl (C=O) groups excluding carboxylic acids is 1. The van der Waals surface area contributed by atoms with Crippen molar-refractivity contribution in [2.24, 2.45) is 0 Å². The van der Waals surface area contributed by atoms with E-state index in [4.69, 9.17) is 0 Å². The fourth-order valence-electron chi connectivity index (χ4n) is 1.51. The van der Waals surface area contributed by atoms with E-state index in [1.165, 1.54) is 0 Å². The number of allylic oxidation sites excluding steroid dienone is 6. The average molecular weight is 317 g/mol. The van der Waals surface area contributed by atoms with Gasteiger partial charge in [-0.25, -0.2) is 0 Å². The minimum absolute atomic E-state index is 0.0303. The van der Waals surface area contributed by atoms with Gasteiger partial charge in [0.1, 0.15) is 0 Å². The second kappa shape index (κ2) is 9.26. The highest BCUT2D eigenvalue weighted by atomic mass is 79.9. The van der Waals surface area contributed by atoms with Crippen LogP contribution in [-0.2, 0) is 4.79 Å². The predicted molar refractivity (Wildman–Crippen MR) is 79.6 cm³/mol. The first kappa shape index (κ1) is 17.3. The Kier molecular flexibility index (Phi) is 8.90. The summed E-state index contributed by atoms with van der Waals surface area (Å²) in [6.07, 6.45) is 5.24. The first-order valence-electron chi connectivity index (χ1n) is 6.27. The Bertz CT molecular complexity index is 378. The van der Waals surface area contributed by atoms with Crippen LogP contribution in [0, 0.1) is 0 Å². The van der Waals surface area contributed by atoms with Gasteiger partial charge in [0.05, 0.1) is 6.67 Å². The monoisotopic (exact) mass is 316 g/mol. The van der Waals surface area contributed by atoms with Gasteiger partial charge in [-0.05, 0) is 45.3 Å². The van der Waals surface area contributed by atoms with Crippen molar-refractivity contribution in [2.75, 3.05) is 6.67 Å². The molecule has 18 heavy (non-hydrogen) atoms. The number of Topliss-reactive ketones (excluding diaryl/α,β-unsaturated/α-hetero) is 1. The summed E-state index contributed by atoms with van der Waals surface area (Å²) in [7, 11) is 0. The molecule has 0 aromatic heterocycles.